The molecule has 1 aromatic heterocycles. The fourth-order valence-electron chi connectivity index (χ4n) is 1.70. The van der Waals surface area contributed by atoms with Gasteiger partial charge in [-0.1, -0.05) is 0 Å². The summed E-state index contributed by atoms with van der Waals surface area (Å²) in [5.41, 5.74) is 7.10. The third kappa shape index (κ3) is 4.30. The van der Waals surface area contributed by atoms with Gasteiger partial charge < -0.3 is 15.4 Å². The zero-order valence-electron chi connectivity index (χ0n) is 10.4. The molecule has 0 saturated heterocycles. The number of methoxy groups -OCH3 is 1. The summed E-state index contributed by atoms with van der Waals surface area (Å²) in [5, 5.41) is 4.24. The molecule has 1 atom stereocenters. The van der Waals surface area contributed by atoms with Crippen molar-refractivity contribution in [3.63, 3.8) is 0 Å². The van der Waals surface area contributed by atoms with Crippen molar-refractivity contribution >= 4 is 0 Å². The summed E-state index contributed by atoms with van der Waals surface area (Å²) in [5.74, 6) is 0. The van der Waals surface area contributed by atoms with E-state index in [9.17, 15) is 0 Å². The molecule has 2 N–H and O–H groups in total. The maximum absolute atomic E-state index is 5.88. The highest BCUT2D eigenvalue weighted by atomic mass is 16.5. The average molecular weight is 226 g/mol. The van der Waals surface area contributed by atoms with E-state index in [-0.39, 0.29) is 6.04 Å². The summed E-state index contributed by atoms with van der Waals surface area (Å²) in [6.45, 7) is 5.28. The zero-order chi connectivity index (χ0) is 12.0. The summed E-state index contributed by atoms with van der Waals surface area (Å²) in [7, 11) is 3.73. The lowest BCUT2D eigenvalue weighted by molar-refractivity contribution is 0.160. The molecule has 16 heavy (non-hydrogen) atoms. The molecule has 1 unspecified atom stereocenters. The van der Waals surface area contributed by atoms with Crippen LogP contribution >= 0.6 is 0 Å². The number of nitrogens with two attached hydrogens (primary N) is 1. The first-order valence-electron chi connectivity index (χ1n) is 5.60. The highest BCUT2D eigenvalue weighted by molar-refractivity contribution is 5.03. The Labute approximate surface area is 97.2 Å². The topological polar surface area (TPSA) is 56.3 Å². The first-order valence-corrected chi connectivity index (χ1v) is 5.60. The third-order valence-corrected chi connectivity index (χ3v) is 2.39. The summed E-state index contributed by atoms with van der Waals surface area (Å²) in [6, 6.07) is 0.0659. The summed E-state index contributed by atoms with van der Waals surface area (Å²) >= 11 is 0. The van der Waals surface area contributed by atoms with Crippen LogP contribution in [0.4, 0.5) is 0 Å². The van der Waals surface area contributed by atoms with Gasteiger partial charge in [-0.2, -0.15) is 5.10 Å². The number of aromatic nitrogens is 2. The van der Waals surface area contributed by atoms with Crippen molar-refractivity contribution in [1.82, 2.24) is 14.7 Å². The van der Waals surface area contributed by atoms with Gasteiger partial charge in [-0.05, 0) is 14.0 Å². The molecule has 0 spiro atoms. The quantitative estimate of drug-likeness (QED) is 0.727. The second-order valence-corrected chi connectivity index (χ2v) is 4.12. The minimum atomic E-state index is 0.0659. The van der Waals surface area contributed by atoms with Crippen LogP contribution in [0.1, 0.15) is 12.5 Å². The van der Waals surface area contributed by atoms with Gasteiger partial charge in [0.15, 0.2) is 0 Å². The van der Waals surface area contributed by atoms with Gasteiger partial charge in [-0.3, -0.25) is 4.68 Å². The summed E-state index contributed by atoms with van der Waals surface area (Å²) < 4.78 is 6.94. The Kier molecular flexibility index (Phi) is 5.45. The minimum absolute atomic E-state index is 0.0659. The van der Waals surface area contributed by atoms with Gasteiger partial charge in [-0.15, -0.1) is 0 Å². The van der Waals surface area contributed by atoms with E-state index >= 15 is 0 Å². The van der Waals surface area contributed by atoms with E-state index in [0.717, 1.165) is 19.6 Å². The molecular formula is C11H22N4O. The van der Waals surface area contributed by atoms with Crippen LogP contribution in [0.25, 0.3) is 0 Å². The van der Waals surface area contributed by atoms with Crippen LogP contribution < -0.4 is 5.73 Å². The first-order chi connectivity index (χ1) is 7.65. The monoisotopic (exact) mass is 226 g/mol. The van der Waals surface area contributed by atoms with Gasteiger partial charge in [0.2, 0.25) is 0 Å². The molecule has 92 valence electrons. The van der Waals surface area contributed by atoms with E-state index in [0.29, 0.717) is 6.61 Å². The SMILES string of the molecule is CCn1cc(CN(C)CC(N)COC)cn1. The van der Waals surface area contributed by atoms with E-state index in [1.54, 1.807) is 7.11 Å². The number of likely N-dealkylation sites (N-methyl/N-ethyl adjacent to an activating group) is 1. The van der Waals surface area contributed by atoms with Gasteiger partial charge >= 0.3 is 0 Å². The van der Waals surface area contributed by atoms with Crippen molar-refractivity contribution in [3.05, 3.63) is 18.0 Å². The van der Waals surface area contributed by atoms with E-state index in [4.69, 9.17) is 10.5 Å². The molecule has 0 bridgehead atoms. The predicted octanol–water partition coefficient (Wildman–Crippen LogP) is 0.309. The van der Waals surface area contributed by atoms with Gasteiger partial charge in [-0.25, -0.2) is 0 Å². The molecule has 1 aromatic rings. The molecule has 0 aliphatic rings. The lowest BCUT2D eigenvalue weighted by atomic mass is 10.3. The number of hydrogen-bond acceptors (Lipinski definition) is 4. The standard InChI is InChI=1S/C11H22N4O/c1-4-15-7-10(5-13-15)6-14(2)8-11(12)9-16-3/h5,7,11H,4,6,8-9,12H2,1-3H3. The van der Waals surface area contributed by atoms with Crippen molar-refractivity contribution in [2.45, 2.75) is 26.1 Å². The van der Waals surface area contributed by atoms with Crippen LogP contribution in [0, 0.1) is 0 Å². The lowest BCUT2D eigenvalue weighted by Gasteiger charge is -2.19. The first kappa shape index (κ1) is 13.2. The van der Waals surface area contributed by atoms with Crippen LogP contribution in [0.15, 0.2) is 12.4 Å². The largest absolute Gasteiger partial charge is 0.383 e. The Morgan fingerprint density at radius 2 is 2.38 bits per heavy atom. The predicted molar refractivity (Wildman–Crippen MR) is 64.1 cm³/mol. The number of rotatable bonds is 7. The smallest absolute Gasteiger partial charge is 0.0626 e. The van der Waals surface area contributed by atoms with Crippen molar-refractivity contribution in [2.24, 2.45) is 5.73 Å². The van der Waals surface area contributed by atoms with Crippen molar-refractivity contribution in [2.75, 3.05) is 27.3 Å². The Morgan fingerprint density at radius 1 is 1.62 bits per heavy atom. The number of ether oxygens (including phenoxy) is 1. The molecule has 0 radical (unpaired) electrons. The van der Waals surface area contributed by atoms with E-state index in [1.165, 1.54) is 5.56 Å². The minimum Gasteiger partial charge on any atom is -0.383 e. The van der Waals surface area contributed by atoms with Crippen molar-refractivity contribution in [3.8, 4) is 0 Å². The molecule has 0 fully saturated rings. The fourth-order valence-corrected chi connectivity index (χ4v) is 1.70. The fraction of sp³-hybridized carbons (Fsp3) is 0.727. The number of nitrogens with zero attached hydrogens (tertiary/aromatic N) is 3. The van der Waals surface area contributed by atoms with E-state index < -0.39 is 0 Å². The maximum Gasteiger partial charge on any atom is 0.0626 e. The Morgan fingerprint density at radius 3 is 2.94 bits per heavy atom. The highest BCUT2D eigenvalue weighted by Crippen LogP contribution is 2.02. The molecule has 0 aliphatic carbocycles. The van der Waals surface area contributed by atoms with Crippen LogP contribution in [0.5, 0.6) is 0 Å². The molecular weight excluding hydrogens is 204 g/mol. The molecule has 1 heterocycles. The molecule has 0 amide bonds. The van der Waals surface area contributed by atoms with Crippen LogP contribution in [0.2, 0.25) is 0 Å². The van der Waals surface area contributed by atoms with Gasteiger partial charge in [0.1, 0.15) is 0 Å². The maximum atomic E-state index is 5.88. The van der Waals surface area contributed by atoms with Crippen LogP contribution in [0.3, 0.4) is 0 Å². The average Bonchev–Trinajstić information content (AvgIpc) is 2.65. The molecule has 0 saturated carbocycles. The van der Waals surface area contributed by atoms with Crippen LogP contribution in [-0.4, -0.2) is 48.0 Å². The second kappa shape index (κ2) is 6.62. The van der Waals surface area contributed by atoms with Crippen molar-refractivity contribution in [1.29, 1.82) is 0 Å². The highest BCUT2D eigenvalue weighted by Gasteiger charge is 2.07. The van der Waals surface area contributed by atoms with Crippen molar-refractivity contribution < 1.29 is 4.74 Å². The van der Waals surface area contributed by atoms with E-state index in [1.807, 2.05) is 10.9 Å². The Hall–Kier alpha value is -0.910. The molecule has 0 aromatic carbocycles. The van der Waals surface area contributed by atoms with Gasteiger partial charge in [0.25, 0.3) is 0 Å². The molecule has 5 heteroatoms. The lowest BCUT2D eigenvalue weighted by Crippen LogP contribution is -2.38. The third-order valence-electron chi connectivity index (χ3n) is 2.39. The van der Waals surface area contributed by atoms with Gasteiger partial charge in [0, 0.05) is 44.5 Å². The Bertz CT molecular complexity index is 300. The van der Waals surface area contributed by atoms with E-state index in [2.05, 4.69) is 30.2 Å². The summed E-state index contributed by atoms with van der Waals surface area (Å²) in [4.78, 5) is 2.18. The Balaban J connectivity index is 2.35. The zero-order valence-corrected chi connectivity index (χ0v) is 10.4. The summed E-state index contributed by atoms with van der Waals surface area (Å²) in [6.07, 6.45) is 3.97. The molecule has 0 aliphatic heterocycles. The second-order valence-electron chi connectivity index (χ2n) is 4.12. The number of aryl methyl sites for hydroxylation is 1. The van der Waals surface area contributed by atoms with Gasteiger partial charge in [0.05, 0.1) is 12.8 Å². The molecule has 5 nitrogen and oxygen atoms in total. The number of hydrogen-bond donors (Lipinski definition) is 1. The normalized spacial score (nSPS) is 13.3. The molecule has 1 rings (SSSR count). The van der Waals surface area contributed by atoms with Crippen LogP contribution in [-0.2, 0) is 17.8 Å².